The van der Waals surface area contributed by atoms with Gasteiger partial charge in [0.2, 0.25) is 0 Å². The number of hydrogen-bond donors (Lipinski definition) is 1. The van der Waals surface area contributed by atoms with Crippen molar-refractivity contribution in [1.82, 2.24) is 9.97 Å². The van der Waals surface area contributed by atoms with Crippen LogP contribution in [0.3, 0.4) is 0 Å². The van der Waals surface area contributed by atoms with E-state index in [1.54, 1.807) is 4.90 Å². The molecular weight excluding hydrogens is 291 g/mol. The number of aliphatic hydroxyl groups is 1. The molecule has 7 nitrogen and oxygen atoms in total. The van der Waals surface area contributed by atoms with Crippen molar-refractivity contribution in [3.8, 4) is 6.01 Å². The first-order chi connectivity index (χ1) is 9.92. The van der Waals surface area contributed by atoms with Crippen molar-refractivity contribution in [1.29, 1.82) is 0 Å². The van der Waals surface area contributed by atoms with E-state index >= 15 is 0 Å². The highest BCUT2D eigenvalue weighted by molar-refractivity contribution is 5.66. The number of anilines is 1. The summed E-state index contributed by atoms with van der Waals surface area (Å²) in [5.74, 6) is 0.356. The number of azo groups is 1. The van der Waals surface area contributed by atoms with Gasteiger partial charge >= 0.3 is 12.2 Å². The number of rotatable bonds is 3. The molecule has 2 aliphatic rings. The third kappa shape index (κ3) is 3.04. The molecule has 0 amide bonds. The Kier molecular flexibility index (Phi) is 3.40. The molecule has 3 heterocycles. The van der Waals surface area contributed by atoms with Gasteiger partial charge < -0.3 is 14.7 Å². The molecule has 0 radical (unpaired) electrons. The van der Waals surface area contributed by atoms with Gasteiger partial charge in [0.1, 0.15) is 12.2 Å². The lowest BCUT2D eigenvalue weighted by molar-refractivity contribution is -0.154. The van der Waals surface area contributed by atoms with Crippen LogP contribution in [-0.4, -0.2) is 47.1 Å². The van der Waals surface area contributed by atoms with E-state index in [0.717, 1.165) is 0 Å². The van der Waals surface area contributed by atoms with Crippen molar-refractivity contribution in [2.75, 3.05) is 24.6 Å². The average Bonchev–Trinajstić information content (AvgIpc) is 3.03. The van der Waals surface area contributed by atoms with Crippen molar-refractivity contribution < 1.29 is 23.0 Å². The van der Waals surface area contributed by atoms with E-state index in [2.05, 4.69) is 24.9 Å². The fraction of sp³-hybridized carbons (Fsp3) is 0.636. The number of alkyl halides is 3. The van der Waals surface area contributed by atoms with Crippen LogP contribution in [0.15, 0.2) is 10.2 Å². The van der Waals surface area contributed by atoms with Crippen molar-refractivity contribution in [3.05, 3.63) is 5.69 Å². The quantitative estimate of drug-likeness (QED) is 0.916. The summed E-state index contributed by atoms with van der Waals surface area (Å²) in [6, 6.07) is -0.352. The molecule has 10 heteroatoms. The number of hydrogen-bond acceptors (Lipinski definition) is 7. The fourth-order valence-electron chi connectivity index (χ4n) is 2.22. The largest absolute Gasteiger partial charge is 0.454 e. The van der Waals surface area contributed by atoms with Crippen LogP contribution >= 0.6 is 0 Å². The molecule has 1 atom stereocenters. The minimum absolute atomic E-state index is 0.184. The van der Waals surface area contributed by atoms with Crippen LogP contribution in [0.1, 0.15) is 12.1 Å². The standard InChI is InChI=1S/C11H12F3N5O2/c12-11(13,14)5-21-10-16-7-3-15-18-8(7)9(17-10)19-2-1-6(20)4-19/h6,20H,1-5H2/t6-/m0/s1. The maximum atomic E-state index is 12.2. The van der Waals surface area contributed by atoms with Gasteiger partial charge in [-0.2, -0.15) is 28.3 Å². The normalized spacial score (nSPS) is 21.0. The minimum atomic E-state index is -4.46. The van der Waals surface area contributed by atoms with Gasteiger partial charge in [0.15, 0.2) is 18.1 Å². The van der Waals surface area contributed by atoms with E-state index in [1.165, 1.54) is 0 Å². The molecule has 114 valence electrons. The van der Waals surface area contributed by atoms with Crippen molar-refractivity contribution in [2.24, 2.45) is 10.2 Å². The Balaban J connectivity index is 1.87. The highest BCUT2D eigenvalue weighted by Gasteiger charge is 2.31. The van der Waals surface area contributed by atoms with E-state index in [0.29, 0.717) is 36.7 Å². The molecule has 0 unspecified atom stereocenters. The van der Waals surface area contributed by atoms with Gasteiger partial charge in [-0.1, -0.05) is 0 Å². The van der Waals surface area contributed by atoms with Crippen LogP contribution in [0.25, 0.3) is 0 Å². The minimum Gasteiger partial charge on any atom is -0.454 e. The molecule has 1 N–H and O–H groups in total. The second-order valence-electron chi connectivity index (χ2n) is 4.82. The SMILES string of the molecule is O[C@H]1CCN(c2nc(OCC(F)(F)F)nc3c2N=NC3)C1. The molecular formula is C11H12F3N5O2. The molecule has 1 aromatic heterocycles. The first-order valence-corrected chi connectivity index (χ1v) is 6.33. The monoisotopic (exact) mass is 303 g/mol. The molecule has 2 aliphatic heterocycles. The van der Waals surface area contributed by atoms with Crippen LogP contribution in [-0.2, 0) is 6.54 Å². The molecule has 0 aromatic carbocycles. The van der Waals surface area contributed by atoms with E-state index in [1.807, 2.05) is 0 Å². The van der Waals surface area contributed by atoms with Gasteiger partial charge in [0.05, 0.1) is 6.10 Å². The van der Waals surface area contributed by atoms with Crippen LogP contribution in [0.2, 0.25) is 0 Å². The Hall–Kier alpha value is -1.97. The third-order valence-electron chi connectivity index (χ3n) is 3.14. The highest BCUT2D eigenvalue weighted by atomic mass is 19.4. The van der Waals surface area contributed by atoms with Gasteiger partial charge in [-0.25, -0.2) is 0 Å². The van der Waals surface area contributed by atoms with Gasteiger partial charge in [-0.15, -0.1) is 5.11 Å². The van der Waals surface area contributed by atoms with Crippen LogP contribution in [0.5, 0.6) is 6.01 Å². The summed E-state index contributed by atoms with van der Waals surface area (Å²) in [5, 5.41) is 17.3. The first-order valence-electron chi connectivity index (χ1n) is 6.33. The smallest absolute Gasteiger partial charge is 0.422 e. The molecule has 21 heavy (non-hydrogen) atoms. The number of aliphatic hydroxyl groups excluding tert-OH is 1. The maximum absolute atomic E-state index is 12.2. The zero-order chi connectivity index (χ0) is 15.0. The van der Waals surface area contributed by atoms with E-state index in [4.69, 9.17) is 0 Å². The van der Waals surface area contributed by atoms with Crippen LogP contribution < -0.4 is 9.64 Å². The van der Waals surface area contributed by atoms with Crippen molar-refractivity contribution in [2.45, 2.75) is 25.2 Å². The molecule has 0 aliphatic carbocycles. The van der Waals surface area contributed by atoms with Gasteiger partial charge in [0.25, 0.3) is 0 Å². The second-order valence-corrected chi connectivity index (χ2v) is 4.82. The van der Waals surface area contributed by atoms with E-state index in [-0.39, 0.29) is 12.6 Å². The molecule has 0 bridgehead atoms. The van der Waals surface area contributed by atoms with Gasteiger partial charge in [0, 0.05) is 13.1 Å². The average molecular weight is 303 g/mol. The second kappa shape index (κ2) is 5.10. The summed E-state index contributed by atoms with van der Waals surface area (Å²) in [7, 11) is 0. The van der Waals surface area contributed by atoms with Crippen LogP contribution in [0.4, 0.5) is 24.7 Å². The van der Waals surface area contributed by atoms with Gasteiger partial charge in [-0.3, -0.25) is 0 Å². The summed E-state index contributed by atoms with van der Waals surface area (Å²) >= 11 is 0. The molecule has 0 spiro atoms. The summed E-state index contributed by atoms with van der Waals surface area (Å²) in [6.07, 6.45) is -4.39. The van der Waals surface area contributed by atoms with E-state index < -0.39 is 18.9 Å². The molecule has 1 aromatic rings. The topological polar surface area (TPSA) is 83.2 Å². The van der Waals surface area contributed by atoms with E-state index in [9.17, 15) is 18.3 Å². The zero-order valence-electron chi connectivity index (χ0n) is 10.8. The van der Waals surface area contributed by atoms with Crippen LogP contribution in [0, 0.1) is 0 Å². The van der Waals surface area contributed by atoms with Crippen molar-refractivity contribution >= 4 is 11.5 Å². The summed E-state index contributed by atoms with van der Waals surface area (Å²) in [5.41, 5.74) is 0.863. The number of ether oxygens (including phenoxy) is 1. The third-order valence-corrected chi connectivity index (χ3v) is 3.14. The lowest BCUT2D eigenvalue weighted by Gasteiger charge is -2.19. The predicted octanol–water partition coefficient (Wildman–Crippen LogP) is 1.59. The Morgan fingerprint density at radius 1 is 1.33 bits per heavy atom. The lowest BCUT2D eigenvalue weighted by atomic mass is 10.3. The van der Waals surface area contributed by atoms with Gasteiger partial charge in [-0.05, 0) is 6.42 Å². The Labute approximate surface area is 117 Å². The summed E-state index contributed by atoms with van der Waals surface area (Å²) in [6.45, 7) is -0.387. The summed E-state index contributed by atoms with van der Waals surface area (Å²) in [4.78, 5) is 9.64. The maximum Gasteiger partial charge on any atom is 0.422 e. The number of halogens is 3. The Morgan fingerprint density at radius 2 is 2.14 bits per heavy atom. The number of fused-ring (bicyclic) bond motifs is 1. The Morgan fingerprint density at radius 3 is 2.81 bits per heavy atom. The van der Waals surface area contributed by atoms with Crippen molar-refractivity contribution in [3.63, 3.8) is 0 Å². The molecule has 0 saturated carbocycles. The first kappa shape index (κ1) is 14.0. The Bertz CT molecular complexity index is 578. The molecule has 1 saturated heterocycles. The molecule has 3 rings (SSSR count). The number of nitrogens with zero attached hydrogens (tertiary/aromatic N) is 5. The lowest BCUT2D eigenvalue weighted by Crippen LogP contribution is -2.24. The number of β-amino-alcohol motifs (C(OH)–C–C–N with tert-alkyl or cyclic N) is 1. The number of aromatic nitrogens is 2. The zero-order valence-corrected chi connectivity index (χ0v) is 10.8. The predicted molar refractivity (Wildman–Crippen MR) is 64.6 cm³/mol. The fourth-order valence-corrected chi connectivity index (χ4v) is 2.22. The molecule has 1 fully saturated rings. The summed E-state index contributed by atoms with van der Waals surface area (Å²) < 4.78 is 41.2. The highest BCUT2D eigenvalue weighted by Crippen LogP contribution is 2.37.